The number of carbonyl (C=O) groups is 1. The molecule has 24 heavy (non-hydrogen) atoms. The van der Waals surface area contributed by atoms with Gasteiger partial charge in [-0.25, -0.2) is 4.79 Å². The Kier molecular flexibility index (Phi) is 7.47. The van der Waals surface area contributed by atoms with Gasteiger partial charge in [0.2, 0.25) is 0 Å². The normalized spacial score (nSPS) is 23.8. The van der Waals surface area contributed by atoms with Crippen molar-refractivity contribution in [1.82, 2.24) is 0 Å². The van der Waals surface area contributed by atoms with Crippen LogP contribution in [0.1, 0.15) is 60.8 Å². The van der Waals surface area contributed by atoms with Crippen molar-refractivity contribution in [2.24, 2.45) is 11.3 Å². The van der Waals surface area contributed by atoms with Crippen LogP contribution in [0.5, 0.6) is 0 Å². The van der Waals surface area contributed by atoms with Crippen LogP contribution in [0.4, 0.5) is 0 Å². The lowest BCUT2D eigenvalue weighted by Crippen LogP contribution is -2.28. The molecular formula is C22H32O2. The van der Waals surface area contributed by atoms with Crippen LogP contribution >= 0.6 is 0 Å². The highest BCUT2D eigenvalue weighted by atomic mass is 16.4. The fourth-order valence-corrected chi connectivity index (χ4v) is 3.27. The zero-order chi connectivity index (χ0) is 18.3. The van der Waals surface area contributed by atoms with Crippen LogP contribution in [0.25, 0.3) is 0 Å². The molecule has 0 bridgehead atoms. The second kappa shape index (κ2) is 8.86. The van der Waals surface area contributed by atoms with Gasteiger partial charge in [-0.15, -0.1) is 0 Å². The number of allylic oxidation sites excluding steroid dienone is 9. The van der Waals surface area contributed by atoms with Crippen molar-refractivity contribution < 1.29 is 9.90 Å². The first-order valence-electron chi connectivity index (χ1n) is 8.81. The molecule has 0 aliphatic heterocycles. The second-order valence-electron chi connectivity index (χ2n) is 7.45. The molecule has 1 aliphatic rings. The van der Waals surface area contributed by atoms with Gasteiger partial charge in [0.1, 0.15) is 0 Å². The van der Waals surface area contributed by atoms with E-state index in [0.717, 1.165) is 11.1 Å². The lowest BCUT2D eigenvalue weighted by molar-refractivity contribution is -0.131. The number of aliphatic carboxylic acids is 1. The van der Waals surface area contributed by atoms with Crippen molar-refractivity contribution in [3.63, 3.8) is 0 Å². The molecule has 1 atom stereocenters. The van der Waals surface area contributed by atoms with Gasteiger partial charge in [-0.3, -0.25) is 0 Å². The Balaban J connectivity index is 2.92. The molecule has 0 spiro atoms. The topological polar surface area (TPSA) is 37.3 Å². The van der Waals surface area contributed by atoms with Crippen molar-refractivity contribution in [2.75, 3.05) is 0 Å². The van der Waals surface area contributed by atoms with E-state index in [1.54, 1.807) is 6.92 Å². The number of carboxylic acid groups (broad SMARTS) is 1. The summed E-state index contributed by atoms with van der Waals surface area (Å²) in [5.41, 5.74) is 5.15. The third-order valence-corrected chi connectivity index (χ3v) is 5.18. The lowest BCUT2D eigenvalue weighted by Gasteiger charge is -2.40. The monoisotopic (exact) mass is 328 g/mol. The zero-order valence-electron chi connectivity index (χ0n) is 16.0. The van der Waals surface area contributed by atoms with Gasteiger partial charge in [-0.2, -0.15) is 0 Å². The summed E-state index contributed by atoms with van der Waals surface area (Å²) in [4.78, 5) is 10.6. The molecule has 1 rings (SSSR count). The molecule has 0 fully saturated rings. The van der Waals surface area contributed by atoms with Gasteiger partial charge in [0.25, 0.3) is 0 Å². The van der Waals surface area contributed by atoms with Crippen LogP contribution in [0.15, 0.2) is 58.7 Å². The molecule has 1 N–H and O–H groups in total. The molecule has 0 amide bonds. The van der Waals surface area contributed by atoms with E-state index < -0.39 is 5.97 Å². The fourth-order valence-electron chi connectivity index (χ4n) is 3.27. The Labute approximate surface area is 147 Å². The highest BCUT2D eigenvalue weighted by Gasteiger charge is 2.34. The summed E-state index contributed by atoms with van der Waals surface area (Å²) >= 11 is 0. The van der Waals surface area contributed by atoms with Gasteiger partial charge in [0, 0.05) is 6.08 Å². The van der Waals surface area contributed by atoms with E-state index in [-0.39, 0.29) is 5.41 Å². The van der Waals surface area contributed by atoms with Gasteiger partial charge in [0.15, 0.2) is 0 Å². The molecule has 0 heterocycles. The van der Waals surface area contributed by atoms with Gasteiger partial charge < -0.3 is 5.11 Å². The Morgan fingerprint density at radius 3 is 2.46 bits per heavy atom. The van der Waals surface area contributed by atoms with Gasteiger partial charge in [0.05, 0.1) is 0 Å². The minimum atomic E-state index is -0.912. The molecular weight excluding hydrogens is 296 g/mol. The molecule has 0 aromatic carbocycles. The van der Waals surface area contributed by atoms with E-state index in [0.29, 0.717) is 5.92 Å². The van der Waals surface area contributed by atoms with Crippen molar-refractivity contribution in [2.45, 2.75) is 60.8 Å². The zero-order valence-corrected chi connectivity index (χ0v) is 16.0. The molecule has 0 aromatic rings. The summed E-state index contributed by atoms with van der Waals surface area (Å²) in [6.45, 7) is 13.1. The standard InChI is InChI=1S/C22H32O2/c1-16(2)22(6)14-8-11-19(5)20(22)13-12-17(3)9-7-10-18(4)15-21(23)24/h7,9-10,12-13,15-16H,8,11,14H2,1-6H3,(H,23,24)/b10-7+,13-12+,17-9-,18-15+. The van der Waals surface area contributed by atoms with Crippen molar-refractivity contribution >= 4 is 5.97 Å². The predicted molar refractivity (Wildman–Crippen MR) is 103 cm³/mol. The molecule has 0 saturated carbocycles. The first kappa shape index (κ1) is 20.2. The van der Waals surface area contributed by atoms with Gasteiger partial charge in [-0.1, -0.05) is 62.3 Å². The van der Waals surface area contributed by atoms with Crippen molar-refractivity contribution in [3.8, 4) is 0 Å². The van der Waals surface area contributed by atoms with E-state index in [1.165, 1.54) is 36.5 Å². The molecule has 2 heteroatoms. The summed E-state index contributed by atoms with van der Waals surface area (Å²) in [5, 5.41) is 8.70. The van der Waals surface area contributed by atoms with Crippen molar-refractivity contribution in [1.29, 1.82) is 0 Å². The molecule has 0 radical (unpaired) electrons. The maximum Gasteiger partial charge on any atom is 0.328 e. The Morgan fingerprint density at radius 1 is 1.21 bits per heavy atom. The summed E-state index contributed by atoms with van der Waals surface area (Å²) in [7, 11) is 0. The van der Waals surface area contributed by atoms with Crippen LogP contribution in [0.2, 0.25) is 0 Å². The quantitative estimate of drug-likeness (QED) is 0.463. The third kappa shape index (κ3) is 5.67. The van der Waals surface area contributed by atoms with Crippen molar-refractivity contribution in [3.05, 3.63) is 58.7 Å². The first-order valence-corrected chi connectivity index (χ1v) is 8.81. The minimum absolute atomic E-state index is 0.260. The van der Waals surface area contributed by atoms with Crippen LogP contribution in [0.3, 0.4) is 0 Å². The Morgan fingerprint density at radius 2 is 1.88 bits per heavy atom. The molecule has 1 unspecified atom stereocenters. The maximum atomic E-state index is 10.6. The number of carboxylic acids is 1. The molecule has 2 nitrogen and oxygen atoms in total. The summed E-state index contributed by atoms with van der Waals surface area (Å²) in [5.74, 6) is -0.286. The average molecular weight is 328 g/mol. The highest BCUT2D eigenvalue weighted by molar-refractivity contribution is 5.81. The van der Waals surface area contributed by atoms with E-state index in [1.807, 2.05) is 18.2 Å². The van der Waals surface area contributed by atoms with Gasteiger partial charge in [-0.05, 0) is 62.5 Å². The highest BCUT2D eigenvalue weighted by Crippen LogP contribution is 2.46. The summed E-state index contributed by atoms with van der Waals surface area (Å²) < 4.78 is 0. The molecule has 1 aliphatic carbocycles. The van der Waals surface area contributed by atoms with Crippen LogP contribution in [-0.2, 0) is 4.79 Å². The Hall–Kier alpha value is -1.83. The van der Waals surface area contributed by atoms with E-state index >= 15 is 0 Å². The predicted octanol–water partition coefficient (Wildman–Crippen LogP) is 6.24. The first-order chi connectivity index (χ1) is 11.2. The Bertz CT molecular complexity index is 612. The van der Waals surface area contributed by atoms with Crippen LogP contribution < -0.4 is 0 Å². The maximum absolute atomic E-state index is 10.6. The smallest absolute Gasteiger partial charge is 0.328 e. The van der Waals surface area contributed by atoms with Crippen LogP contribution in [-0.4, -0.2) is 11.1 Å². The van der Waals surface area contributed by atoms with E-state index in [2.05, 4.69) is 46.8 Å². The van der Waals surface area contributed by atoms with E-state index in [4.69, 9.17) is 5.11 Å². The molecule has 0 aromatic heterocycles. The number of rotatable bonds is 6. The fraction of sp³-hybridized carbons (Fsp3) is 0.500. The summed E-state index contributed by atoms with van der Waals surface area (Å²) in [6.07, 6.45) is 15.1. The number of hydrogen-bond acceptors (Lipinski definition) is 1. The van der Waals surface area contributed by atoms with E-state index in [9.17, 15) is 4.79 Å². The minimum Gasteiger partial charge on any atom is -0.478 e. The SMILES string of the molecule is CC1=C(/C=C/C(C)=C\C=C\C(C)=C\C(=O)O)C(C)(C(C)C)CCC1. The average Bonchev–Trinajstić information content (AvgIpc) is 2.45. The second-order valence-corrected chi connectivity index (χ2v) is 7.45. The van der Waals surface area contributed by atoms with Crippen LogP contribution in [0, 0.1) is 11.3 Å². The van der Waals surface area contributed by atoms with Gasteiger partial charge >= 0.3 is 5.97 Å². The molecule has 132 valence electrons. The number of hydrogen-bond donors (Lipinski definition) is 1. The lowest BCUT2D eigenvalue weighted by atomic mass is 9.65. The molecule has 0 saturated heterocycles. The third-order valence-electron chi connectivity index (χ3n) is 5.18. The largest absolute Gasteiger partial charge is 0.478 e. The summed E-state index contributed by atoms with van der Waals surface area (Å²) in [6, 6.07) is 0.